The Kier molecular flexibility index (Phi) is 4.86. The lowest BCUT2D eigenvalue weighted by Gasteiger charge is -2.23. The number of aromatic nitrogens is 2. The van der Waals surface area contributed by atoms with Crippen LogP contribution in [0.2, 0.25) is 0 Å². The number of carboxylic acids is 1. The van der Waals surface area contributed by atoms with Gasteiger partial charge in [-0.2, -0.15) is 4.98 Å². The van der Waals surface area contributed by atoms with Crippen LogP contribution in [0.5, 0.6) is 0 Å². The van der Waals surface area contributed by atoms with E-state index in [1.807, 2.05) is 20.8 Å². The molecule has 1 atom stereocenters. The van der Waals surface area contributed by atoms with Gasteiger partial charge in [-0.25, -0.2) is 4.79 Å². The van der Waals surface area contributed by atoms with Crippen molar-refractivity contribution in [1.29, 1.82) is 0 Å². The number of aliphatic carboxylic acids is 1. The maximum Gasteiger partial charge on any atom is 0.348 e. The van der Waals surface area contributed by atoms with Crippen LogP contribution in [0.25, 0.3) is 0 Å². The van der Waals surface area contributed by atoms with Crippen LogP contribution in [-0.4, -0.2) is 20.6 Å². The van der Waals surface area contributed by atoms with Crippen molar-refractivity contribution in [2.24, 2.45) is 0 Å². The Morgan fingerprint density at radius 2 is 1.84 bits per heavy atom. The second-order valence-electron chi connectivity index (χ2n) is 4.88. The number of hydrogen-bond acceptors (Lipinski definition) is 3. The number of carboxylic acid groups (broad SMARTS) is 1. The van der Waals surface area contributed by atoms with Crippen LogP contribution in [0.3, 0.4) is 0 Å². The quantitative estimate of drug-likeness (QED) is 0.888. The number of hydrogen-bond donors (Lipinski definition) is 1. The first kappa shape index (κ1) is 15.4. The molecule has 1 aromatic heterocycles. The normalized spacial score (nSPS) is 12.7. The maximum atomic E-state index is 12.1. The van der Waals surface area contributed by atoms with Crippen molar-refractivity contribution >= 4 is 5.97 Å². The highest BCUT2D eigenvalue weighted by molar-refractivity contribution is 5.76. The summed E-state index contributed by atoms with van der Waals surface area (Å²) in [5, 5.41) is 9.18. The molecule has 0 aromatic carbocycles. The molecule has 5 nitrogen and oxygen atoms in total. The molecule has 0 radical (unpaired) electrons. The van der Waals surface area contributed by atoms with Crippen molar-refractivity contribution in [2.75, 3.05) is 0 Å². The minimum absolute atomic E-state index is 0.0698. The highest BCUT2D eigenvalue weighted by atomic mass is 16.4. The van der Waals surface area contributed by atoms with Gasteiger partial charge in [0.15, 0.2) is 0 Å². The van der Waals surface area contributed by atoms with E-state index in [1.54, 1.807) is 18.4 Å². The van der Waals surface area contributed by atoms with E-state index >= 15 is 0 Å². The van der Waals surface area contributed by atoms with Crippen molar-refractivity contribution in [3.05, 3.63) is 27.4 Å². The molecule has 0 amide bonds. The van der Waals surface area contributed by atoms with Crippen molar-refractivity contribution in [3.8, 4) is 0 Å². The fraction of sp³-hybridized carbons (Fsp3) is 0.643. The van der Waals surface area contributed by atoms with E-state index < -0.39 is 11.9 Å². The van der Waals surface area contributed by atoms with Crippen molar-refractivity contribution in [3.63, 3.8) is 0 Å². The molecule has 0 saturated carbocycles. The van der Waals surface area contributed by atoms with Crippen molar-refractivity contribution in [1.82, 2.24) is 9.55 Å². The second-order valence-corrected chi connectivity index (χ2v) is 4.88. The van der Waals surface area contributed by atoms with Crippen molar-refractivity contribution in [2.45, 2.75) is 59.4 Å². The second kappa shape index (κ2) is 5.99. The molecular formula is C14H22N2O3. The van der Waals surface area contributed by atoms with E-state index in [0.717, 1.165) is 18.5 Å². The van der Waals surface area contributed by atoms with Gasteiger partial charge in [0.05, 0.1) is 5.92 Å². The van der Waals surface area contributed by atoms with Crippen LogP contribution in [0.15, 0.2) is 4.79 Å². The molecular weight excluding hydrogens is 244 g/mol. The molecule has 1 heterocycles. The smallest absolute Gasteiger partial charge is 0.348 e. The average molecular weight is 266 g/mol. The molecule has 0 bridgehead atoms. The lowest BCUT2D eigenvalue weighted by atomic mass is 9.97. The van der Waals surface area contributed by atoms with E-state index in [-0.39, 0.29) is 11.7 Å². The Morgan fingerprint density at radius 1 is 1.32 bits per heavy atom. The van der Waals surface area contributed by atoms with Crippen LogP contribution >= 0.6 is 0 Å². The molecule has 5 heteroatoms. The highest BCUT2D eigenvalue weighted by Crippen LogP contribution is 2.24. The third kappa shape index (κ3) is 2.85. The van der Waals surface area contributed by atoms with Gasteiger partial charge >= 0.3 is 11.7 Å². The summed E-state index contributed by atoms with van der Waals surface area (Å²) >= 11 is 0. The molecule has 19 heavy (non-hydrogen) atoms. The van der Waals surface area contributed by atoms with Gasteiger partial charge in [0, 0.05) is 23.0 Å². The minimum Gasteiger partial charge on any atom is -0.481 e. The van der Waals surface area contributed by atoms with Gasteiger partial charge in [0.25, 0.3) is 0 Å². The molecule has 0 spiro atoms. The Labute approximate surface area is 113 Å². The molecule has 1 rings (SSSR count). The SMILES string of the molecule is CCC(CC)n1c(C)c(C(C)C(=O)O)c(C)nc1=O. The zero-order valence-corrected chi connectivity index (χ0v) is 12.2. The van der Waals surface area contributed by atoms with Crippen LogP contribution in [0.4, 0.5) is 0 Å². The topological polar surface area (TPSA) is 72.2 Å². The molecule has 1 N–H and O–H groups in total. The summed E-state index contributed by atoms with van der Waals surface area (Å²) in [6, 6.07) is 0.0698. The van der Waals surface area contributed by atoms with Crippen LogP contribution in [0.1, 0.15) is 62.5 Å². The highest BCUT2D eigenvalue weighted by Gasteiger charge is 2.23. The standard InChI is InChI=1S/C14H22N2O3/c1-6-11(7-2)16-10(5)12(8(3)13(17)18)9(4)15-14(16)19/h8,11H,6-7H2,1-5H3,(H,17,18). The summed E-state index contributed by atoms with van der Waals surface area (Å²) < 4.78 is 1.64. The number of rotatable bonds is 5. The van der Waals surface area contributed by atoms with E-state index in [0.29, 0.717) is 11.3 Å². The van der Waals surface area contributed by atoms with Crippen LogP contribution in [-0.2, 0) is 4.79 Å². The molecule has 0 aliphatic carbocycles. The molecule has 0 saturated heterocycles. The fourth-order valence-corrected chi connectivity index (χ4v) is 2.63. The predicted octanol–water partition coefficient (Wildman–Crippen LogP) is 2.41. The summed E-state index contributed by atoms with van der Waals surface area (Å²) in [6.07, 6.45) is 1.64. The molecule has 0 aliphatic heterocycles. The first-order valence-corrected chi connectivity index (χ1v) is 6.67. The van der Waals surface area contributed by atoms with Gasteiger partial charge in [-0.15, -0.1) is 0 Å². The number of aryl methyl sites for hydroxylation is 1. The summed E-state index contributed by atoms with van der Waals surface area (Å²) in [7, 11) is 0. The van der Waals surface area contributed by atoms with Gasteiger partial charge in [-0.3, -0.25) is 9.36 Å². The Balaban J connectivity index is 3.55. The third-order valence-electron chi connectivity index (χ3n) is 3.72. The van der Waals surface area contributed by atoms with Gasteiger partial charge in [-0.05, 0) is 33.6 Å². The fourth-order valence-electron chi connectivity index (χ4n) is 2.63. The van der Waals surface area contributed by atoms with E-state index in [2.05, 4.69) is 4.98 Å². The maximum absolute atomic E-state index is 12.1. The first-order valence-electron chi connectivity index (χ1n) is 6.67. The van der Waals surface area contributed by atoms with Gasteiger partial charge < -0.3 is 5.11 Å². The Morgan fingerprint density at radius 3 is 2.26 bits per heavy atom. The number of carbonyl (C=O) groups is 1. The largest absolute Gasteiger partial charge is 0.481 e. The lowest BCUT2D eigenvalue weighted by molar-refractivity contribution is -0.138. The zero-order chi connectivity index (χ0) is 14.7. The Hall–Kier alpha value is -1.65. The molecule has 0 fully saturated rings. The average Bonchev–Trinajstić information content (AvgIpc) is 2.33. The molecule has 0 aliphatic rings. The van der Waals surface area contributed by atoms with Crippen LogP contribution < -0.4 is 5.69 Å². The minimum atomic E-state index is -0.900. The van der Waals surface area contributed by atoms with Gasteiger partial charge in [0.1, 0.15) is 0 Å². The van der Waals surface area contributed by atoms with E-state index in [1.165, 1.54) is 0 Å². The van der Waals surface area contributed by atoms with E-state index in [9.17, 15) is 14.7 Å². The Bertz CT molecular complexity index is 530. The molecule has 106 valence electrons. The van der Waals surface area contributed by atoms with Gasteiger partial charge in [0.2, 0.25) is 0 Å². The predicted molar refractivity (Wildman–Crippen MR) is 73.6 cm³/mol. The molecule has 1 aromatic rings. The van der Waals surface area contributed by atoms with Crippen LogP contribution in [0, 0.1) is 13.8 Å². The zero-order valence-electron chi connectivity index (χ0n) is 12.2. The third-order valence-corrected chi connectivity index (χ3v) is 3.72. The summed E-state index contributed by atoms with van der Waals surface area (Å²) in [5.41, 5.74) is 1.60. The number of nitrogens with zero attached hydrogens (tertiary/aromatic N) is 2. The summed E-state index contributed by atoms with van der Waals surface area (Å²) in [6.45, 7) is 9.16. The summed E-state index contributed by atoms with van der Waals surface area (Å²) in [4.78, 5) is 27.3. The monoisotopic (exact) mass is 266 g/mol. The molecule has 1 unspecified atom stereocenters. The van der Waals surface area contributed by atoms with Crippen molar-refractivity contribution < 1.29 is 9.90 Å². The van der Waals surface area contributed by atoms with E-state index in [4.69, 9.17) is 0 Å². The first-order chi connectivity index (χ1) is 8.84. The lowest BCUT2D eigenvalue weighted by Crippen LogP contribution is -2.32. The van der Waals surface area contributed by atoms with Gasteiger partial charge in [-0.1, -0.05) is 13.8 Å². The summed E-state index contributed by atoms with van der Waals surface area (Å²) in [5.74, 6) is -1.56.